The van der Waals surface area contributed by atoms with Gasteiger partial charge in [0.2, 0.25) is 0 Å². The highest BCUT2D eigenvalue weighted by Crippen LogP contribution is 2.31. The minimum absolute atomic E-state index is 0.145. The summed E-state index contributed by atoms with van der Waals surface area (Å²) in [5.74, 6) is 0.558. The molecule has 0 spiro atoms. The molecule has 2 rings (SSSR count). The zero-order valence-electron chi connectivity index (χ0n) is 12.3. The Hall–Kier alpha value is -0.860. The number of rotatable bonds is 6. The van der Waals surface area contributed by atoms with Gasteiger partial charge in [-0.2, -0.15) is 0 Å². The van der Waals surface area contributed by atoms with Crippen LogP contribution in [-0.2, 0) is 11.2 Å². The van der Waals surface area contributed by atoms with Crippen LogP contribution in [0.2, 0.25) is 0 Å². The molecule has 1 aromatic rings. The third kappa shape index (κ3) is 3.58. The van der Waals surface area contributed by atoms with Gasteiger partial charge in [0.05, 0.1) is 13.2 Å². The predicted molar refractivity (Wildman–Crippen MR) is 80.4 cm³/mol. The molecule has 0 aromatic heterocycles. The lowest BCUT2D eigenvalue weighted by atomic mass is 9.83. The summed E-state index contributed by atoms with van der Waals surface area (Å²) in [6, 6.07) is 8.80. The number of hydrogen-bond donors (Lipinski definition) is 1. The van der Waals surface area contributed by atoms with Gasteiger partial charge in [0.25, 0.3) is 0 Å². The average Bonchev–Trinajstić information content (AvgIpc) is 2.47. The smallest absolute Gasteiger partial charge is 0.0646 e. The highest BCUT2D eigenvalue weighted by molar-refractivity contribution is 5.32. The minimum Gasteiger partial charge on any atom is -0.379 e. The maximum atomic E-state index is 6.28. The van der Waals surface area contributed by atoms with Crippen molar-refractivity contribution in [1.82, 2.24) is 0 Å². The monoisotopic (exact) mass is 261 g/mol. The van der Waals surface area contributed by atoms with Gasteiger partial charge in [0.1, 0.15) is 0 Å². The topological polar surface area (TPSA) is 35.2 Å². The third-order valence-corrected chi connectivity index (χ3v) is 4.61. The molecule has 0 radical (unpaired) electrons. The molecule has 1 aromatic carbocycles. The van der Waals surface area contributed by atoms with E-state index in [1.54, 1.807) is 0 Å². The molecule has 1 aliphatic carbocycles. The number of benzene rings is 1. The molecule has 2 N–H and O–H groups in total. The Balaban J connectivity index is 1.91. The fraction of sp³-hybridized carbons (Fsp3) is 0.647. The van der Waals surface area contributed by atoms with E-state index in [1.165, 1.54) is 30.4 Å². The molecule has 2 heteroatoms. The van der Waals surface area contributed by atoms with Crippen LogP contribution >= 0.6 is 0 Å². The van der Waals surface area contributed by atoms with Crippen LogP contribution in [0.5, 0.6) is 0 Å². The van der Waals surface area contributed by atoms with E-state index in [2.05, 4.69) is 38.1 Å². The van der Waals surface area contributed by atoms with Gasteiger partial charge in [-0.05, 0) is 43.2 Å². The standard InChI is InChI=1S/C17H27NO/c1-3-17(18,4-2)13-19-12-15-10-7-9-14-8-5-6-11-16(14)15/h5-6,8,11,15H,3-4,7,9-10,12-13,18H2,1-2H3. The summed E-state index contributed by atoms with van der Waals surface area (Å²) in [5.41, 5.74) is 9.13. The molecule has 1 atom stereocenters. The first-order valence-corrected chi connectivity index (χ1v) is 7.63. The lowest BCUT2D eigenvalue weighted by Gasteiger charge is -2.29. The maximum absolute atomic E-state index is 6.28. The number of fused-ring (bicyclic) bond motifs is 1. The summed E-state index contributed by atoms with van der Waals surface area (Å²) in [7, 11) is 0. The van der Waals surface area contributed by atoms with Gasteiger partial charge in [-0.15, -0.1) is 0 Å². The summed E-state index contributed by atoms with van der Waals surface area (Å²) in [6.45, 7) is 5.78. The van der Waals surface area contributed by atoms with Gasteiger partial charge in [-0.3, -0.25) is 0 Å². The molecule has 0 heterocycles. The third-order valence-electron chi connectivity index (χ3n) is 4.61. The van der Waals surface area contributed by atoms with E-state index in [4.69, 9.17) is 10.5 Å². The summed E-state index contributed by atoms with van der Waals surface area (Å²) in [5, 5.41) is 0. The van der Waals surface area contributed by atoms with Crippen molar-refractivity contribution in [1.29, 1.82) is 0 Å². The van der Waals surface area contributed by atoms with E-state index in [9.17, 15) is 0 Å². The molecular weight excluding hydrogens is 234 g/mol. The Morgan fingerprint density at radius 2 is 2.00 bits per heavy atom. The number of hydrogen-bond acceptors (Lipinski definition) is 2. The SMILES string of the molecule is CCC(N)(CC)COCC1CCCc2ccccc21. The second-order valence-electron chi connectivity index (χ2n) is 5.87. The molecule has 0 aliphatic heterocycles. The van der Waals surface area contributed by atoms with E-state index in [-0.39, 0.29) is 5.54 Å². The molecule has 2 nitrogen and oxygen atoms in total. The van der Waals surface area contributed by atoms with Gasteiger partial charge < -0.3 is 10.5 Å². The molecule has 0 bridgehead atoms. The molecule has 1 aliphatic rings. The van der Waals surface area contributed by atoms with Gasteiger partial charge in [0, 0.05) is 11.5 Å². The number of ether oxygens (including phenoxy) is 1. The van der Waals surface area contributed by atoms with Crippen molar-refractivity contribution < 1.29 is 4.74 Å². The summed E-state index contributed by atoms with van der Waals surface area (Å²) in [4.78, 5) is 0. The van der Waals surface area contributed by atoms with Crippen molar-refractivity contribution in [3.8, 4) is 0 Å². The lowest BCUT2D eigenvalue weighted by molar-refractivity contribution is 0.0681. The van der Waals surface area contributed by atoms with Crippen LogP contribution in [0.3, 0.4) is 0 Å². The first kappa shape index (κ1) is 14.5. The van der Waals surface area contributed by atoms with Gasteiger partial charge in [0.15, 0.2) is 0 Å². The molecule has 1 unspecified atom stereocenters. The Morgan fingerprint density at radius 3 is 2.74 bits per heavy atom. The van der Waals surface area contributed by atoms with Crippen molar-refractivity contribution in [2.24, 2.45) is 5.73 Å². The Labute approximate surface area is 117 Å². The second-order valence-corrected chi connectivity index (χ2v) is 5.87. The molecular formula is C17H27NO. The number of aryl methyl sites for hydroxylation is 1. The van der Waals surface area contributed by atoms with Crippen molar-refractivity contribution in [3.05, 3.63) is 35.4 Å². The zero-order valence-corrected chi connectivity index (χ0v) is 12.3. The highest BCUT2D eigenvalue weighted by atomic mass is 16.5. The molecule has 106 valence electrons. The van der Waals surface area contributed by atoms with Crippen LogP contribution in [0, 0.1) is 0 Å². The molecule has 0 fully saturated rings. The predicted octanol–water partition coefficient (Wildman–Crippen LogP) is 3.64. The van der Waals surface area contributed by atoms with Crippen LogP contribution in [0.1, 0.15) is 56.6 Å². The first-order chi connectivity index (χ1) is 9.18. The van der Waals surface area contributed by atoms with Crippen LogP contribution in [0.15, 0.2) is 24.3 Å². The van der Waals surface area contributed by atoms with Crippen LogP contribution in [0.4, 0.5) is 0 Å². The quantitative estimate of drug-likeness (QED) is 0.848. The summed E-state index contributed by atoms with van der Waals surface area (Å²) >= 11 is 0. The number of nitrogens with two attached hydrogens (primary N) is 1. The molecule has 0 saturated carbocycles. The Kier molecular flexibility index (Phi) is 5.00. The Morgan fingerprint density at radius 1 is 1.26 bits per heavy atom. The highest BCUT2D eigenvalue weighted by Gasteiger charge is 2.23. The lowest BCUT2D eigenvalue weighted by Crippen LogP contribution is -2.43. The van der Waals surface area contributed by atoms with E-state index < -0.39 is 0 Å². The van der Waals surface area contributed by atoms with Crippen LogP contribution in [0.25, 0.3) is 0 Å². The van der Waals surface area contributed by atoms with Crippen LogP contribution < -0.4 is 5.73 Å². The van der Waals surface area contributed by atoms with Crippen molar-refractivity contribution >= 4 is 0 Å². The average molecular weight is 261 g/mol. The van der Waals surface area contributed by atoms with Crippen molar-refractivity contribution in [2.45, 2.75) is 57.4 Å². The second kappa shape index (κ2) is 6.53. The normalized spacial score (nSPS) is 19.2. The summed E-state index contributed by atoms with van der Waals surface area (Å²) in [6.07, 6.45) is 5.69. The van der Waals surface area contributed by atoms with Gasteiger partial charge in [-0.1, -0.05) is 38.1 Å². The van der Waals surface area contributed by atoms with Crippen molar-refractivity contribution in [2.75, 3.05) is 13.2 Å². The van der Waals surface area contributed by atoms with E-state index in [1.807, 2.05) is 0 Å². The fourth-order valence-corrected chi connectivity index (χ4v) is 2.89. The summed E-state index contributed by atoms with van der Waals surface area (Å²) < 4.78 is 5.95. The molecule has 0 saturated heterocycles. The minimum atomic E-state index is -0.145. The molecule has 0 amide bonds. The molecule has 19 heavy (non-hydrogen) atoms. The largest absolute Gasteiger partial charge is 0.379 e. The van der Waals surface area contributed by atoms with Crippen LogP contribution in [-0.4, -0.2) is 18.8 Å². The zero-order chi connectivity index (χ0) is 13.7. The van der Waals surface area contributed by atoms with E-state index in [0.29, 0.717) is 12.5 Å². The van der Waals surface area contributed by atoms with Gasteiger partial charge >= 0.3 is 0 Å². The Bertz CT molecular complexity index is 398. The van der Waals surface area contributed by atoms with Gasteiger partial charge in [-0.25, -0.2) is 0 Å². The maximum Gasteiger partial charge on any atom is 0.0646 e. The van der Waals surface area contributed by atoms with Crippen molar-refractivity contribution in [3.63, 3.8) is 0 Å². The van der Waals surface area contributed by atoms with E-state index >= 15 is 0 Å². The fourth-order valence-electron chi connectivity index (χ4n) is 2.89. The van der Waals surface area contributed by atoms with E-state index in [0.717, 1.165) is 19.4 Å². The first-order valence-electron chi connectivity index (χ1n) is 7.63.